The maximum Gasteiger partial charge on any atom is 0.260 e. The first-order valence-corrected chi connectivity index (χ1v) is 3.85. The summed E-state index contributed by atoms with van der Waals surface area (Å²) in [6, 6.07) is 0.0116. The van der Waals surface area contributed by atoms with Crippen molar-refractivity contribution in [2.75, 3.05) is 7.05 Å². The summed E-state index contributed by atoms with van der Waals surface area (Å²) in [4.78, 5) is 12.7. The van der Waals surface area contributed by atoms with Crippen molar-refractivity contribution in [3.63, 3.8) is 0 Å². The maximum atomic E-state index is 13.5. The molecule has 0 bridgehead atoms. The Morgan fingerprint density at radius 1 is 1.55 bits per heavy atom. The molecular weight excluding hydrogens is 145 g/mol. The van der Waals surface area contributed by atoms with E-state index in [1.54, 1.807) is 14.0 Å². The number of nitrogens with zero attached hydrogens (tertiary/aromatic N) is 1. The summed E-state index contributed by atoms with van der Waals surface area (Å²) >= 11 is 0. The molecule has 1 amide bonds. The lowest BCUT2D eigenvalue weighted by Gasteiger charge is -2.17. The van der Waals surface area contributed by atoms with E-state index in [1.165, 1.54) is 11.8 Å². The van der Waals surface area contributed by atoms with Crippen LogP contribution in [-0.4, -0.2) is 29.6 Å². The van der Waals surface area contributed by atoms with Gasteiger partial charge in [0.1, 0.15) is 0 Å². The third kappa shape index (κ3) is 0.940. The molecule has 3 heteroatoms. The number of carbonyl (C=O) groups excluding carboxylic acids is 1. The summed E-state index contributed by atoms with van der Waals surface area (Å²) in [6.45, 7) is 5.00. The molecule has 1 aliphatic heterocycles. The van der Waals surface area contributed by atoms with Crippen LogP contribution in [0.25, 0.3) is 0 Å². The van der Waals surface area contributed by atoms with Crippen LogP contribution in [0.3, 0.4) is 0 Å². The Kier molecular flexibility index (Phi) is 1.69. The van der Waals surface area contributed by atoms with Crippen molar-refractivity contribution in [1.82, 2.24) is 4.90 Å². The van der Waals surface area contributed by atoms with E-state index in [1.807, 2.05) is 6.92 Å². The average Bonchev–Trinajstić information content (AvgIpc) is 2.06. The largest absolute Gasteiger partial charge is 0.340 e. The smallest absolute Gasteiger partial charge is 0.260 e. The highest BCUT2D eigenvalue weighted by atomic mass is 19.1. The summed E-state index contributed by atoms with van der Waals surface area (Å²) in [5.41, 5.74) is -1.66. The molecule has 0 aromatic rings. The van der Waals surface area contributed by atoms with Gasteiger partial charge in [0.05, 0.1) is 0 Å². The molecule has 3 unspecified atom stereocenters. The quantitative estimate of drug-likeness (QED) is 0.520. The van der Waals surface area contributed by atoms with E-state index >= 15 is 0 Å². The molecule has 0 aromatic carbocycles. The van der Waals surface area contributed by atoms with Crippen LogP contribution in [-0.2, 0) is 4.79 Å². The van der Waals surface area contributed by atoms with Gasteiger partial charge in [0.25, 0.3) is 5.91 Å². The van der Waals surface area contributed by atoms with Gasteiger partial charge < -0.3 is 4.90 Å². The number of carbonyl (C=O) groups is 1. The molecule has 1 rings (SSSR count). The number of rotatable bonds is 0. The Morgan fingerprint density at radius 2 is 2.00 bits per heavy atom. The van der Waals surface area contributed by atoms with Crippen molar-refractivity contribution in [2.45, 2.75) is 32.5 Å². The highest BCUT2D eigenvalue weighted by Gasteiger charge is 2.51. The number of alkyl halides is 1. The molecule has 0 aliphatic carbocycles. The molecule has 1 saturated heterocycles. The number of likely N-dealkylation sites (tertiary alicyclic amines) is 1. The molecule has 2 nitrogen and oxygen atoms in total. The van der Waals surface area contributed by atoms with E-state index in [2.05, 4.69) is 0 Å². The number of hydrogen-bond acceptors (Lipinski definition) is 1. The molecule has 1 fully saturated rings. The second-order valence-electron chi connectivity index (χ2n) is 3.52. The standard InChI is InChI=1S/C8H14FNO/c1-5-6(2)10(4)7(11)8(5,3)9/h5-6H,1-4H3. The van der Waals surface area contributed by atoms with Crippen molar-refractivity contribution in [3.05, 3.63) is 0 Å². The van der Waals surface area contributed by atoms with Crippen LogP contribution in [0.1, 0.15) is 20.8 Å². The van der Waals surface area contributed by atoms with Gasteiger partial charge in [0, 0.05) is 19.0 Å². The first-order chi connectivity index (χ1) is 4.89. The molecule has 0 radical (unpaired) electrons. The molecule has 11 heavy (non-hydrogen) atoms. The van der Waals surface area contributed by atoms with E-state index in [0.29, 0.717) is 0 Å². The van der Waals surface area contributed by atoms with Crippen LogP contribution < -0.4 is 0 Å². The zero-order valence-corrected chi connectivity index (χ0v) is 7.39. The Labute approximate surface area is 66.4 Å². The summed E-state index contributed by atoms with van der Waals surface area (Å²) in [5, 5.41) is 0. The molecule has 0 saturated carbocycles. The van der Waals surface area contributed by atoms with Crippen LogP contribution >= 0.6 is 0 Å². The molecule has 64 valence electrons. The SMILES string of the molecule is CC1C(C)C(C)(F)C(=O)N1C. The van der Waals surface area contributed by atoms with E-state index in [-0.39, 0.29) is 12.0 Å². The Morgan fingerprint density at radius 3 is 2.09 bits per heavy atom. The highest BCUT2D eigenvalue weighted by Crippen LogP contribution is 2.35. The summed E-state index contributed by atoms with van der Waals surface area (Å²) in [6.07, 6.45) is 0. The fourth-order valence-electron chi connectivity index (χ4n) is 1.51. The summed E-state index contributed by atoms with van der Waals surface area (Å²) in [5.74, 6) is -0.600. The predicted molar refractivity (Wildman–Crippen MR) is 40.9 cm³/mol. The lowest BCUT2D eigenvalue weighted by molar-refractivity contribution is -0.136. The van der Waals surface area contributed by atoms with Gasteiger partial charge in [-0.05, 0) is 13.8 Å². The third-order valence-electron chi connectivity index (χ3n) is 2.93. The zero-order valence-electron chi connectivity index (χ0n) is 7.39. The van der Waals surface area contributed by atoms with Crippen LogP contribution in [0.15, 0.2) is 0 Å². The van der Waals surface area contributed by atoms with Crippen LogP contribution in [0, 0.1) is 5.92 Å². The Bertz CT molecular complexity index is 191. The average molecular weight is 159 g/mol. The van der Waals surface area contributed by atoms with Gasteiger partial charge in [-0.1, -0.05) is 6.92 Å². The van der Waals surface area contributed by atoms with Gasteiger partial charge in [-0.15, -0.1) is 0 Å². The highest BCUT2D eigenvalue weighted by molar-refractivity contribution is 5.87. The van der Waals surface area contributed by atoms with Gasteiger partial charge in [0.15, 0.2) is 5.67 Å². The summed E-state index contributed by atoms with van der Waals surface area (Å²) < 4.78 is 13.5. The zero-order chi connectivity index (χ0) is 8.81. The minimum absolute atomic E-state index is 0.0116. The van der Waals surface area contributed by atoms with Gasteiger partial charge in [0.2, 0.25) is 0 Å². The second kappa shape index (κ2) is 2.19. The fourth-order valence-corrected chi connectivity index (χ4v) is 1.51. The van der Waals surface area contributed by atoms with Crippen molar-refractivity contribution < 1.29 is 9.18 Å². The first kappa shape index (κ1) is 8.50. The minimum atomic E-state index is -1.66. The molecular formula is C8H14FNO. The molecule has 1 aliphatic rings. The van der Waals surface area contributed by atoms with Gasteiger partial charge in [-0.25, -0.2) is 4.39 Å². The van der Waals surface area contributed by atoms with Crippen molar-refractivity contribution >= 4 is 5.91 Å². The second-order valence-corrected chi connectivity index (χ2v) is 3.52. The van der Waals surface area contributed by atoms with Crippen molar-refractivity contribution in [1.29, 1.82) is 0 Å². The molecule has 3 atom stereocenters. The predicted octanol–water partition coefficient (Wildman–Crippen LogP) is 1.21. The van der Waals surface area contributed by atoms with Crippen molar-refractivity contribution in [3.8, 4) is 0 Å². The van der Waals surface area contributed by atoms with E-state index < -0.39 is 11.6 Å². The molecule has 0 aromatic heterocycles. The first-order valence-electron chi connectivity index (χ1n) is 3.85. The number of halogens is 1. The fraction of sp³-hybridized carbons (Fsp3) is 0.875. The van der Waals surface area contributed by atoms with Gasteiger partial charge >= 0.3 is 0 Å². The normalized spacial score (nSPS) is 45.2. The number of amides is 1. The Balaban J connectivity index is 2.96. The minimum Gasteiger partial charge on any atom is -0.340 e. The summed E-state index contributed by atoms with van der Waals surface area (Å²) in [7, 11) is 1.65. The third-order valence-corrected chi connectivity index (χ3v) is 2.93. The van der Waals surface area contributed by atoms with Crippen LogP contribution in [0.5, 0.6) is 0 Å². The lowest BCUT2D eigenvalue weighted by Crippen LogP contribution is -2.34. The van der Waals surface area contributed by atoms with E-state index in [0.717, 1.165) is 0 Å². The van der Waals surface area contributed by atoms with Gasteiger partial charge in [-0.3, -0.25) is 4.79 Å². The maximum absolute atomic E-state index is 13.5. The van der Waals surface area contributed by atoms with Crippen molar-refractivity contribution in [2.24, 2.45) is 5.92 Å². The molecule has 0 spiro atoms. The number of hydrogen-bond donors (Lipinski definition) is 0. The molecule has 1 heterocycles. The van der Waals surface area contributed by atoms with E-state index in [4.69, 9.17) is 0 Å². The van der Waals surface area contributed by atoms with Gasteiger partial charge in [-0.2, -0.15) is 0 Å². The monoisotopic (exact) mass is 159 g/mol. The Hall–Kier alpha value is -0.600. The topological polar surface area (TPSA) is 20.3 Å². The van der Waals surface area contributed by atoms with Crippen LogP contribution in [0.2, 0.25) is 0 Å². The molecule has 0 N–H and O–H groups in total. The van der Waals surface area contributed by atoms with Crippen LogP contribution in [0.4, 0.5) is 4.39 Å². The van der Waals surface area contributed by atoms with E-state index in [9.17, 15) is 9.18 Å². The lowest BCUT2D eigenvalue weighted by atomic mass is 9.92.